The van der Waals surface area contributed by atoms with Gasteiger partial charge in [-0.15, -0.1) is 0 Å². The molecule has 1 amide bonds. The van der Waals surface area contributed by atoms with Gasteiger partial charge in [0, 0.05) is 18.8 Å². The number of nitrogens with zero attached hydrogens (tertiary/aromatic N) is 1. The van der Waals surface area contributed by atoms with Crippen LogP contribution in [0, 0.1) is 0 Å². The molecule has 4 heteroatoms. The molecule has 0 saturated carbocycles. The van der Waals surface area contributed by atoms with Crippen molar-refractivity contribution in [2.45, 2.75) is 12.5 Å². The first-order valence-corrected chi connectivity index (χ1v) is 9.85. The Balaban J connectivity index is 1.48. The molecule has 0 bridgehead atoms. The number of hydrogen-bond donors (Lipinski definition) is 1. The minimum absolute atomic E-state index is 0.0385. The topological polar surface area (TPSA) is 51.2 Å². The van der Waals surface area contributed by atoms with E-state index in [0.717, 1.165) is 16.7 Å². The van der Waals surface area contributed by atoms with Gasteiger partial charge in [0.15, 0.2) is 0 Å². The lowest BCUT2D eigenvalue weighted by atomic mass is 9.90. The smallest absolute Gasteiger partial charge is 0.232 e. The van der Waals surface area contributed by atoms with Crippen molar-refractivity contribution in [2.75, 3.05) is 0 Å². The van der Waals surface area contributed by atoms with Crippen LogP contribution in [0.4, 0.5) is 0 Å². The van der Waals surface area contributed by atoms with E-state index in [9.17, 15) is 4.79 Å². The highest BCUT2D eigenvalue weighted by Gasteiger charge is 2.22. The van der Waals surface area contributed by atoms with Crippen molar-refractivity contribution in [3.8, 4) is 11.6 Å². The van der Waals surface area contributed by atoms with E-state index in [1.165, 1.54) is 0 Å². The third kappa shape index (κ3) is 4.92. The molecule has 0 spiro atoms. The van der Waals surface area contributed by atoms with Gasteiger partial charge in [0.2, 0.25) is 11.8 Å². The summed E-state index contributed by atoms with van der Waals surface area (Å²) in [6, 6.07) is 32.8. The van der Waals surface area contributed by atoms with E-state index >= 15 is 0 Å². The number of amides is 1. The van der Waals surface area contributed by atoms with E-state index in [-0.39, 0.29) is 11.8 Å². The van der Waals surface area contributed by atoms with Gasteiger partial charge < -0.3 is 10.1 Å². The highest BCUT2D eigenvalue weighted by molar-refractivity contribution is 5.87. The molecule has 0 fully saturated rings. The Kier molecular flexibility index (Phi) is 6.16. The maximum Gasteiger partial charge on any atom is 0.232 e. The van der Waals surface area contributed by atoms with Crippen LogP contribution >= 0.6 is 0 Å². The molecule has 1 aromatic heterocycles. The molecule has 4 nitrogen and oxygen atoms in total. The Morgan fingerprint density at radius 3 is 2.10 bits per heavy atom. The summed E-state index contributed by atoms with van der Waals surface area (Å²) in [4.78, 5) is 17.3. The van der Waals surface area contributed by atoms with Crippen LogP contribution in [0.2, 0.25) is 0 Å². The Morgan fingerprint density at radius 2 is 1.47 bits per heavy atom. The van der Waals surface area contributed by atoms with Gasteiger partial charge in [-0.25, -0.2) is 4.98 Å². The van der Waals surface area contributed by atoms with Crippen molar-refractivity contribution in [3.63, 3.8) is 0 Å². The molecule has 3 aromatic carbocycles. The van der Waals surface area contributed by atoms with Crippen LogP contribution in [0.15, 0.2) is 109 Å². The van der Waals surface area contributed by atoms with E-state index in [1.807, 2.05) is 97.1 Å². The minimum atomic E-state index is -0.361. The van der Waals surface area contributed by atoms with E-state index in [0.29, 0.717) is 18.2 Å². The third-order valence-corrected chi connectivity index (χ3v) is 4.75. The largest absolute Gasteiger partial charge is 0.439 e. The summed E-state index contributed by atoms with van der Waals surface area (Å²) < 4.78 is 5.79. The summed E-state index contributed by atoms with van der Waals surface area (Å²) >= 11 is 0. The first-order valence-electron chi connectivity index (χ1n) is 9.85. The van der Waals surface area contributed by atoms with Crippen LogP contribution in [0.5, 0.6) is 11.6 Å². The van der Waals surface area contributed by atoms with Gasteiger partial charge in [-0.1, -0.05) is 78.9 Å². The molecule has 0 aliphatic carbocycles. The molecule has 0 aliphatic rings. The number of aromatic nitrogens is 1. The van der Waals surface area contributed by atoms with Gasteiger partial charge in [0.25, 0.3) is 0 Å². The van der Waals surface area contributed by atoms with Crippen LogP contribution in [0.1, 0.15) is 22.6 Å². The van der Waals surface area contributed by atoms with Gasteiger partial charge in [0.1, 0.15) is 5.75 Å². The zero-order chi connectivity index (χ0) is 20.6. The Morgan fingerprint density at radius 1 is 0.800 bits per heavy atom. The number of rotatable bonds is 7. The number of hydrogen-bond acceptors (Lipinski definition) is 3. The number of carbonyl (C=O) groups excluding carboxylic acids is 1. The summed E-state index contributed by atoms with van der Waals surface area (Å²) in [5, 5.41) is 3.08. The van der Waals surface area contributed by atoms with Gasteiger partial charge in [0.05, 0.1) is 5.92 Å². The maximum atomic E-state index is 13.1. The lowest BCUT2D eigenvalue weighted by Crippen LogP contribution is -2.29. The van der Waals surface area contributed by atoms with Crippen molar-refractivity contribution in [1.82, 2.24) is 10.3 Å². The third-order valence-electron chi connectivity index (χ3n) is 4.75. The molecule has 0 unspecified atom stereocenters. The summed E-state index contributed by atoms with van der Waals surface area (Å²) in [6.07, 6.45) is 1.69. The fourth-order valence-electron chi connectivity index (χ4n) is 3.32. The van der Waals surface area contributed by atoms with Crippen molar-refractivity contribution in [3.05, 3.63) is 126 Å². The van der Waals surface area contributed by atoms with Crippen molar-refractivity contribution >= 4 is 5.91 Å². The van der Waals surface area contributed by atoms with E-state index in [1.54, 1.807) is 12.3 Å². The first kappa shape index (κ1) is 19.4. The van der Waals surface area contributed by atoms with E-state index in [4.69, 9.17) is 4.74 Å². The zero-order valence-corrected chi connectivity index (χ0v) is 16.4. The normalized spacial score (nSPS) is 10.6. The van der Waals surface area contributed by atoms with Gasteiger partial charge in [-0.05, 0) is 34.9 Å². The Labute approximate surface area is 176 Å². The molecule has 1 heterocycles. The SMILES string of the molecule is O=C(NCc1cccc(Oc2ccccn2)c1)C(c1ccccc1)c1ccccc1. The Bertz CT molecular complexity index is 1040. The molecule has 0 saturated heterocycles. The lowest BCUT2D eigenvalue weighted by Gasteiger charge is -2.18. The molecule has 4 rings (SSSR count). The molecule has 0 radical (unpaired) electrons. The van der Waals surface area contributed by atoms with Crippen molar-refractivity contribution in [1.29, 1.82) is 0 Å². The molecule has 0 aliphatic heterocycles. The predicted octanol–water partition coefficient (Wildman–Crippen LogP) is 5.32. The quantitative estimate of drug-likeness (QED) is 0.461. The molecule has 30 heavy (non-hydrogen) atoms. The average Bonchev–Trinajstić information content (AvgIpc) is 2.80. The number of nitrogens with one attached hydrogen (secondary N) is 1. The highest BCUT2D eigenvalue weighted by atomic mass is 16.5. The van der Waals surface area contributed by atoms with Crippen LogP contribution in [0.3, 0.4) is 0 Å². The maximum absolute atomic E-state index is 13.1. The van der Waals surface area contributed by atoms with Crippen molar-refractivity contribution in [2.24, 2.45) is 0 Å². The summed E-state index contributed by atoms with van der Waals surface area (Å²) in [7, 11) is 0. The monoisotopic (exact) mass is 394 g/mol. The van der Waals surface area contributed by atoms with Crippen LogP contribution < -0.4 is 10.1 Å². The molecular weight excluding hydrogens is 372 g/mol. The zero-order valence-electron chi connectivity index (χ0n) is 16.4. The highest BCUT2D eigenvalue weighted by Crippen LogP contribution is 2.25. The van der Waals surface area contributed by atoms with Crippen molar-refractivity contribution < 1.29 is 9.53 Å². The number of ether oxygens (including phenoxy) is 1. The summed E-state index contributed by atoms with van der Waals surface area (Å²) in [6.45, 7) is 0.411. The van der Waals surface area contributed by atoms with E-state index in [2.05, 4.69) is 10.3 Å². The Hall–Kier alpha value is -3.92. The molecule has 1 N–H and O–H groups in total. The molecule has 0 atom stereocenters. The average molecular weight is 394 g/mol. The second-order valence-electron chi connectivity index (χ2n) is 6.89. The summed E-state index contributed by atoms with van der Waals surface area (Å²) in [5.74, 6) is 0.818. The molecular formula is C26H22N2O2. The lowest BCUT2D eigenvalue weighted by molar-refractivity contribution is -0.121. The first-order chi connectivity index (χ1) is 14.8. The summed E-state index contributed by atoms with van der Waals surface area (Å²) in [5.41, 5.74) is 2.89. The van der Waals surface area contributed by atoms with Gasteiger partial charge >= 0.3 is 0 Å². The minimum Gasteiger partial charge on any atom is -0.439 e. The molecule has 148 valence electrons. The second kappa shape index (κ2) is 9.52. The predicted molar refractivity (Wildman–Crippen MR) is 117 cm³/mol. The molecule has 4 aromatic rings. The van der Waals surface area contributed by atoms with E-state index < -0.39 is 0 Å². The van der Waals surface area contributed by atoms with Crippen LogP contribution in [0.25, 0.3) is 0 Å². The second-order valence-corrected chi connectivity index (χ2v) is 6.89. The van der Waals surface area contributed by atoms with Crippen LogP contribution in [-0.2, 0) is 11.3 Å². The fourth-order valence-corrected chi connectivity index (χ4v) is 3.32. The van der Waals surface area contributed by atoms with Gasteiger partial charge in [-0.3, -0.25) is 4.79 Å². The number of benzene rings is 3. The van der Waals surface area contributed by atoms with Crippen LogP contribution in [-0.4, -0.2) is 10.9 Å². The number of carbonyl (C=O) groups is 1. The fraction of sp³-hybridized carbons (Fsp3) is 0.0769. The number of pyridine rings is 1. The van der Waals surface area contributed by atoms with Gasteiger partial charge in [-0.2, -0.15) is 0 Å². The standard InChI is InChI=1S/C26H22N2O2/c29-26(25(21-11-3-1-4-12-21)22-13-5-2-6-14-22)28-19-20-10-9-15-23(18-20)30-24-16-7-8-17-27-24/h1-18,25H,19H2,(H,28,29).